The van der Waals surface area contributed by atoms with Crippen molar-refractivity contribution < 1.29 is 14.1 Å². The summed E-state index contributed by atoms with van der Waals surface area (Å²) in [4.78, 5) is 22.1. The highest BCUT2D eigenvalue weighted by Gasteiger charge is 2.29. The van der Waals surface area contributed by atoms with Crippen LogP contribution in [0.2, 0.25) is 0 Å². The second-order valence-electron chi connectivity index (χ2n) is 5.09. The van der Waals surface area contributed by atoms with Gasteiger partial charge in [0.25, 0.3) is 0 Å². The zero-order valence-electron chi connectivity index (χ0n) is 11.4. The summed E-state index contributed by atoms with van der Waals surface area (Å²) in [7, 11) is 0. The molecule has 0 bridgehead atoms. The van der Waals surface area contributed by atoms with Crippen molar-refractivity contribution in [1.29, 1.82) is 0 Å². The van der Waals surface area contributed by atoms with Crippen LogP contribution in [0, 0.1) is 24.0 Å². The normalized spacial score (nSPS) is 16.8. The topological polar surface area (TPSA) is 82.6 Å². The van der Waals surface area contributed by atoms with Gasteiger partial charge in [-0.2, -0.15) is 0 Å². The molecule has 1 aromatic carbocycles. The highest BCUT2D eigenvalue weighted by molar-refractivity contribution is 9.09. The monoisotopic (exact) mass is 353 g/mol. The van der Waals surface area contributed by atoms with Gasteiger partial charge in [-0.05, 0) is 25.5 Å². The van der Waals surface area contributed by atoms with Crippen LogP contribution in [0.4, 0.5) is 5.69 Å². The Bertz CT molecular complexity index is 826. The first kappa shape index (κ1) is 14.1. The minimum atomic E-state index is -0.928. The molecule has 1 atom stereocenters. The number of benzene rings is 1. The van der Waals surface area contributed by atoms with Gasteiger partial charge in [0.1, 0.15) is 17.4 Å². The lowest BCUT2D eigenvalue weighted by atomic mass is 10.0. The SMILES string of the molecule is Cc1c([N+](=O)[O-])c(=O)oc2c(C)c3c(cc12)CC(CBr)O3. The number of aryl methyl sites for hydroxylation is 2. The van der Waals surface area contributed by atoms with Crippen molar-refractivity contribution >= 4 is 32.6 Å². The summed E-state index contributed by atoms with van der Waals surface area (Å²) >= 11 is 3.38. The van der Waals surface area contributed by atoms with E-state index in [4.69, 9.17) is 9.15 Å². The highest BCUT2D eigenvalue weighted by Crippen LogP contribution is 2.39. The van der Waals surface area contributed by atoms with E-state index in [1.807, 2.05) is 6.07 Å². The number of nitro groups is 1. The molecular weight excluding hydrogens is 342 g/mol. The average molecular weight is 354 g/mol. The van der Waals surface area contributed by atoms with E-state index in [2.05, 4.69) is 15.9 Å². The van der Waals surface area contributed by atoms with Crippen LogP contribution in [0.5, 0.6) is 5.75 Å². The van der Waals surface area contributed by atoms with Gasteiger partial charge >= 0.3 is 11.3 Å². The summed E-state index contributed by atoms with van der Waals surface area (Å²) in [5.74, 6) is 0.711. The second-order valence-corrected chi connectivity index (χ2v) is 5.73. The summed E-state index contributed by atoms with van der Waals surface area (Å²) in [5, 5.41) is 12.3. The number of alkyl halides is 1. The number of fused-ring (bicyclic) bond motifs is 2. The zero-order valence-corrected chi connectivity index (χ0v) is 13.0. The number of hydrogen-bond donors (Lipinski definition) is 0. The maximum atomic E-state index is 11.8. The van der Waals surface area contributed by atoms with Gasteiger partial charge < -0.3 is 9.15 Å². The predicted octanol–water partition coefficient (Wildman–Crippen LogP) is 3.02. The van der Waals surface area contributed by atoms with Gasteiger partial charge in [-0.25, -0.2) is 4.79 Å². The van der Waals surface area contributed by atoms with E-state index in [0.29, 0.717) is 33.2 Å². The molecule has 6 nitrogen and oxygen atoms in total. The lowest BCUT2D eigenvalue weighted by molar-refractivity contribution is -0.387. The molecule has 21 heavy (non-hydrogen) atoms. The number of nitrogens with zero attached hydrogens (tertiary/aromatic N) is 1. The van der Waals surface area contributed by atoms with Crippen LogP contribution < -0.4 is 10.4 Å². The van der Waals surface area contributed by atoms with E-state index in [-0.39, 0.29) is 6.10 Å². The molecule has 3 rings (SSSR count). The van der Waals surface area contributed by atoms with Crippen molar-refractivity contribution in [2.75, 3.05) is 5.33 Å². The van der Waals surface area contributed by atoms with E-state index in [1.54, 1.807) is 13.8 Å². The van der Waals surface area contributed by atoms with Crippen LogP contribution in [0.1, 0.15) is 16.7 Å². The van der Waals surface area contributed by atoms with E-state index in [9.17, 15) is 14.9 Å². The smallest absolute Gasteiger partial charge is 0.415 e. The minimum Gasteiger partial charge on any atom is -0.489 e. The maximum Gasteiger partial charge on any atom is 0.415 e. The van der Waals surface area contributed by atoms with Crippen LogP contribution in [-0.2, 0) is 6.42 Å². The van der Waals surface area contributed by atoms with E-state index in [1.165, 1.54) is 0 Å². The van der Waals surface area contributed by atoms with Crippen molar-refractivity contribution in [1.82, 2.24) is 0 Å². The van der Waals surface area contributed by atoms with Gasteiger partial charge in [0, 0.05) is 28.3 Å². The van der Waals surface area contributed by atoms with E-state index < -0.39 is 16.2 Å². The molecule has 1 aromatic heterocycles. The largest absolute Gasteiger partial charge is 0.489 e. The van der Waals surface area contributed by atoms with Crippen LogP contribution in [-0.4, -0.2) is 16.4 Å². The third-order valence-corrected chi connectivity index (χ3v) is 4.49. The molecule has 0 saturated heterocycles. The Kier molecular flexibility index (Phi) is 3.24. The highest BCUT2D eigenvalue weighted by atomic mass is 79.9. The molecule has 1 aliphatic rings. The Morgan fingerprint density at radius 1 is 1.43 bits per heavy atom. The standard InChI is InChI=1S/C14H12BrNO5/c1-6-10-4-8-3-9(5-15)20-12(8)7(2)13(10)21-14(17)11(6)16(18)19/h4,9H,3,5H2,1-2H3. The molecule has 0 fully saturated rings. The van der Waals surface area contributed by atoms with Gasteiger partial charge in [0.05, 0.1) is 4.92 Å². The van der Waals surface area contributed by atoms with Crippen LogP contribution >= 0.6 is 15.9 Å². The molecule has 2 aromatic rings. The fraction of sp³-hybridized carbons (Fsp3) is 0.357. The number of ether oxygens (including phenoxy) is 1. The number of hydrogen-bond acceptors (Lipinski definition) is 5. The Morgan fingerprint density at radius 3 is 2.76 bits per heavy atom. The summed E-state index contributed by atoms with van der Waals surface area (Å²) in [6.07, 6.45) is 0.751. The second kappa shape index (κ2) is 4.84. The van der Waals surface area contributed by atoms with Gasteiger partial charge in [0.2, 0.25) is 0 Å². The van der Waals surface area contributed by atoms with Crippen molar-refractivity contribution in [2.45, 2.75) is 26.4 Å². The quantitative estimate of drug-likeness (QED) is 0.358. The third-order valence-electron chi connectivity index (χ3n) is 3.77. The molecule has 1 unspecified atom stereocenters. The molecule has 7 heteroatoms. The van der Waals surface area contributed by atoms with Crippen molar-refractivity contribution in [3.05, 3.63) is 43.3 Å². The zero-order chi connectivity index (χ0) is 15.3. The Hall–Kier alpha value is -1.89. The Morgan fingerprint density at radius 2 is 2.14 bits per heavy atom. The molecule has 110 valence electrons. The summed E-state index contributed by atoms with van der Waals surface area (Å²) in [6, 6.07) is 1.82. The molecule has 0 amide bonds. The van der Waals surface area contributed by atoms with Gasteiger partial charge in [-0.1, -0.05) is 15.9 Å². The van der Waals surface area contributed by atoms with Gasteiger partial charge in [-0.15, -0.1) is 0 Å². The fourth-order valence-electron chi connectivity index (χ4n) is 2.75. The average Bonchev–Trinajstić information content (AvgIpc) is 2.84. The molecule has 1 aliphatic heterocycles. The van der Waals surface area contributed by atoms with Crippen LogP contribution in [0.3, 0.4) is 0 Å². The molecule has 0 radical (unpaired) electrons. The Balaban J connectivity index is 2.36. The fourth-order valence-corrected chi connectivity index (χ4v) is 3.11. The lowest BCUT2D eigenvalue weighted by Gasteiger charge is -2.10. The third kappa shape index (κ3) is 2.03. The van der Waals surface area contributed by atoms with Crippen molar-refractivity contribution in [3.8, 4) is 5.75 Å². The number of rotatable bonds is 2. The molecule has 0 N–H and O–H groups in total. The first-order valence-corrected chi connectivity index (χ1v) is 7.53. The first-order valence-electron chi connectivity index (χ1n) is 6.41. The molecule has 0 spiro atoms. The molecule has 0 saturated carbocycles. The molecule has 0 aliphatic carbocycles. The van der Waals surface area contributed by atoms with Gasteiger partial charge in [-0.3, -0.25) is 10.1 Å². The predicted molar refractivity (Wildman–Crippen MR) is 80.5 cm³/mol. The van der Waals surface area contributed by atoms with Gasteiger partial charge in [0.15, 0.2) is 0 Å². The van der Waals surface area contributed by atoms with E-state index >= 15 is 0 Å². The van der Waals surface area contributed by atoms with Crippen molar-refractivity contribution in [3.63, 3.8) is 0 Å². The number of halogens is 1. The minimum absolute atomic E-state index is 0.0255. The van der Waals surface area contributed by atoms with E-state index in [0.717, 1.165) is 12.0 Å². The lowest BCUT2D eigenvalue weighted by Crippen LogP contribution is -2.13. The summed E-state index contributed by atoms with van der Waals surface area (Å²) < 4.78 is 11.0. The summed E-state index contributed by atoms with van der Waals surface area (Å²) in [6.45, 7) is 3.37. The molecular formula is C14H12BrNO5. The Labute approximate surface area is 128 Å². The maximum absolute atomic E-state index is 11.8. The first-order chi connectivity index (χ1) is 9.93. The van der Waals surface area contributed by atoms with Crippen LogP contribution in [0.25, 0.3) is 11.0 Å². The summed E-state index contributed by atoms with van der Waals surface area (Å²) in [5.41, 5.74) is 0.953. The van der Waals surface area contributed by atoms with Crippen LogP contribution in [0.15, 0.2) is 15.3 Å². The molecule has 2 heterocycles. The van der Waals surface area contributed by atoms with Crippen molar-refractivity contribution in [2.24, 2.45) is 0 Å².